The number of benzene rings is 1. The second-order valence-electron chi connectivity index (χ2n) is 5.39. The Morgan fingerprint density at radius 1 is 1.33 bits per heavy atom. The van der Waals surface area contributed by atoms with Crippen LogP contribution in [-0.4, -0.2) is 19.2 Å². The lowest BCUT2D eigenvalue weighted by Gasteiger charge is -2.19. The molecule has 18 heavy (non-hydrogen) atoms. The third-order valence-corrected chi connectivity index (χ3v) is 4.15. The number of hydrogen-bond acceptors (Lipinski definition) is 2. The molecule has 0 aromatic heterocycles. The van der Waals surface area contributed by atoms with Gasteiger partial charge in [0.1, 0.15) is 11.9 Å². The fourth-order valence-corrected chi connectivity index (χ4v) is 2.70. The number of hydrogen-bond donors (Lipinski definition) is 1. The molecule has 1 fully saturated rings. The molecule has 0 bridgehead atoms. The molecule has 0 aliphatic heterocycles. The summed E-state index contributed by atoms with van der Waals surface area (Å²) in [6, 6.07) is 9.14. The first-order chi connectivity index (χ1) is 8.74. The second-order valence-corrected chi connectivity index (χ2v) is 5.39. The smallest absolute Gasteiger partial charge is 0.123 e. The first-order valence-electron chi connectivity index (χ1n) is 7.17. The Morgan fingerprint density at radius 3 is 2.78 bits per heavy atom. The average Bonchev–Trinajstić information content (AvgIpc) is 2.86. The maximum absolute atomic E-state index is 6.22. The quantitative estimate of drug-likeness (QED) is 0.856. The molecule has 0 heterocycles. The molecule has 1 aromatic carbocycles. The van der Waals surface area contributed by atoms with Gasteiger partial charge in [0.25, 0.3) is 0 Å². The van der Waals surface area contributed by atoms with Gasteiger partial charge in [0.05, 0.1) is 0 Å². The van der Waals surface area contributed by atoms with Crippen LogP contribution in [0.5, 0.6) is 5.75 Å². The fraction of sp³-hybridized carbons (Fsp3) is 0.625. The van der Waals surface area contributed by atoms with E-state index in [9.17, 15) is 0 Å². The maximum atomic E-state index is 6.22. The van der Waals surface area contributed by atoms with Crippen LogP contribution in [0.2, 0.25) is 0 Å². The summed E-state index contributed by atoms with van der Waals surface area (Å²) in [6.45, 7) is 4.50. The van der Waals surface area contributed by atoms with Crippen molar-refractivity contribution in [3.8, 4) is 5.75 Å². The Labute approximate surface area is 111 Å². The van der Waals surface area contributed by atoms with Gasteiger partial charge in [-0.05, 0) is 50.3 Å². The van der Waals surface area contributed by atoms with Crippen molar-refractivity contribution in [1.29, 1.82) is 0 Å². The van der Waals surface area contributed by atoms with Gasteiger partial charge in [0.15, 0.2) is 0 Å². The van der Waals surface area contributed by atoms with Crippen LogP contribution >= 0.6 is 0 Å². The zero-order chi connectivity index (χ0) is 13.0. The van der Waals surface area contributed by atoms with Crippen LogP contribution < -0.4 is 10.1 Å². The van der Waals surface area contributed by atoms with Gasteiger partial charge >= 0.3 is 0 Å². The normalized spacial score (nSPS) is 25.1. The predicted octanol–water partition coefficient (Wildman–Crippen LogP) is 3.72. The standard InChI is InChI=1S/C16H25NO/c1-4-12(2)15-7-5-6-8-16(15)18-14-10-9-13(11-14)17-3/h5-8,12-14,17H,4,9-11H2,1-3H3. The molecule has 2 rings (SSSR count). The summed E-state index contributed by atoms with van der Waals surface area (Å²) in [5.41, 5.74) is 1.35. The van der Waals surface area contributed by atoms with Gasteiger partial charge in [0.2, 0.25) is 0 Å². The Balaban J connectivity index is 2.05. The summed E-state index contributed by atoms with van der Waals surface area (Å²) in [5.74, 6) is 1.66. The number of rotatable bonds is 5. The molecule has 1 saturated carbocycles. The van der Waals surface area contributed by atoms with Gasteiger partial charge in [0, 0.05) is 6.04 Å². The lowest BCUT2D eigenvalue weighted by molar-refractivity contribution is 0.204. The van der Waals surface area contributed by atoms with Crippen molar-refractivity contribution >= 4 is 0 Å². The Bertz CT molecular complexity index is 377. The summed E-state index contributed by atoms with van der Waals surface area (Å²) in [6.07, 6.45) is 5.07. The highest BCUT2D eigenvalue weighted by atomic mass is 16.5. The minimum atomic E-state index is 0.382. The molecule has 100 valence electrons. The summed E-state index contributed by atoms with van der Waals surface area (Å²) >= 11 is 0. The Hall–Kier alpha value is -1.02. The van der Waals surface area contributed by atoms with Crippen LogP contribution in [0.25, 0.3) is 0 Å². The first kappa shape index (κ1) is 13.4. The highest BCUT2D eigenvalue weighted by Crippen LogP contribution is 2.32. The van der Waals surface area contributed by atoms with Crippen molar-refractivity contribution in [2.45, 2.75) is 57.6 Å². The summed E-state index contributed by atoms with van der Waals surface area (Å²) < 4.78 is 6.22. The molecule has 0 spiro atoms. The third kappa shape index (κ3) is 3.05. The molecule has 0 saturated heterocycles. The first-order valence-corrected chi connectivity index (χ1v) is 7.17. The minimum Gasteiger partial charge on any atom is -0.490 e. The van der Waals surface area contributed by atoms with Gasteiger partial charge in [-0.25, -0.2) is 0 Å². The van der Waals surface area contributed by atoms with E-state index < -0.39 is 0 Å². The SMILES string of the molecule is CCC(C)c1ccccc1OC1CCC(NC)C1. The van der Waals surface area contributed by atoms with Crippen molar-refractivity contribution in [3.05, 3.63) is 29.8 Å². The number of ether oxygens (including phenoxy) is 1. The van der Waals surface area contributed by atoms with Crippen LogP contribution in [0.4, 0.5) is 0 Å². The van der Waals surface area contributed by atoms with E-state index >= 15 is 0 Å². The summed E-state index contributed by atoms with van der Waals surface area (Å²) in [5, 5.41) is 3.35. The molecule has 1 N–H and O–H groups in total. The Morgan fingerprint density at radius 2 is 2.11 bits per heavy atom. The molecule has 1 aliphatic rings. The zero-order valence-electron chi connectivity index (χ0n) is 11.8. The zero-order valence-corrected chi connectivity index (χ0v) is 11.8. The van der Waals surface area contributed by atoms with Gasteiger partial charge in [-0.15, -0.1) is 0 Å². The van der Waals surface area contributed by atoms with Crippen molar-refractivity contribution in [3.63, 3.8) is 0 Å². The van der Waals surface area contributed by atoms with Crippen LogP contribution in [0.3, 0.4) is 0 Å². The molecular weight excluding hydrogens is 222 g/mol. The topological polar surface area (TPSA) is 21.3 Å². The third-order valence-electron chi connectivity index (χ3n) is 4.15. The molecule has 3 atom stereocenters. The van der Waals surface area contributed by atoms with Gasteiger partial charge in [-0.1, -0.05) is 32.0 Å². The van der Waals surface area contributed by atoms with Gasteiger partial charge in [-0.2, -0.15) is 0 Å². The molecule has 0 amide bonds. The van der Waals surface area contributed by atoms with E-state index in [4.69, 9.17) is 4.74 Å². The lowest BCUT2D eigenvalue weighted by atomic mass is 9.98. The fourth-order valence-electron chi connectivity index (χ4n) is 2.70. The highest BCUT2D eigenvalue weighted by molar-refractivity contribution is 5.36. The molecule has 3 unspecified atom stereocenters. The van der Waals surface area contributed by atoms with Crippen LogP contribution in [0, 0.1) is 0 Å². The van der Waals surface area contributed by atoms with Crippen LogP contribution in [0.15, 0.2) is 24.3 Å². The summed E-state index contributed by atoms with van der Waals surface area (Å²) in [7, 11) is 2.04. The van der Waals surface area contributed by atoms with E-state index in [1.807, 2.05) is 7.05 Å². The minimum absolute atomic E-state index is 0.382. The van der Waals surface area contributed by atoms with E-state index in [-0.39, 0.29) is 0 Å². The molecule has 2 heteroatoms. The molecule has 0 radical (unpaired) electrons. The lowest BCUT2D eigenvalue weighted by Crippen LogP contribution is -2.23. The largest absolute Gasteiger partial charge is 0.490 e. The van der Waals surface area contributed by atoms with Crippen molar-refractivity contribution in [2.75, 3.05) is 7.05 Å². The predicted molar refractivity (Wildman–Crippen MR) is 76.3 cm³/mol. The molecule has 1 aromatic rings. The van der Waals surface area contributed by atoms with Crippen LogP contribution in [-0.2, 0) is 0 Å². The van der Waals surface area contributed by atoms with Gasteiger partial charge in [-0.3, -0.25) is 0 Å². The number of nitrogens with one attached hydrogen (secondary N) is 1. The maximum Gasteiger partial charge on any atom is 0.123 e. The van der Waals surface area contributed by atoms with E-state index in [1.165, 1.54) is 18.4 Å². The Kier molecular flexibility index (Phi) is 4.65. The van der Waals surface area contributed by atoms with Crippen molar-refractivity contribution < 1.29 is 4.74 Å². The highest BCUT2D eigenvalue weighted by Gasteiger charge is 2.25. The van der Waals surface area contributed by atoms with E-state index in [2.05, 4.69) is 43.4 Å². The summed E-state index contributed by atoms with van der Waals surface area (Å²) in [4.78, 5) is 0. The monoisotopic (exact) mass is 247 g/mol. The van der Waals surface area contributed by atoms with E-state index in [1.54, 1.807) is 0 Å². The van der Waals surface area contributed by atoms with E-state index in [0.29, 0.717) is 18.1 Å². The molecule has 1 aliphatic carbocycles. The van der Waals surface area contributed by atoms with Crippen LogP contribution in [0.1, 0.15) is 51.0 Å². The molecule has 2 nitrogen and oxygen atoms in total. The second kappa shape index (κ2) is 6.24. The van der Waals surface area contributed by atoms with Crippen molar-refractivity contribution in [1.82, 2.24) is 5.32 Å². The van der Waals surface area contributed by atoms with Gasteiger partial charge < -0.3 is 10.1 Å². The van der Waals surface area contributed by atoms with Crippen molar-refractivity contribution in [2.24, 2.45) is 0 Å². The average molecular weight is 247 g/mol. The van der Waals surface area contributed by atoms with E-state index in [0.717, 1.165) is 18.6 Å². The molecular formula is C16H25NO. The number of para-hydroxylation sites is 1.